The summed E-state index contributed by atoms with van der Waals surface area (Å²) in [5.41, 5.74) is 2.67. The highest BCUT2D eigenvalue weighted by Gasteiger charge is 2.16. The van der Waals surface area contributed by atoms with Crippen LogP contribution in [0.15, 0.2) is 64.9 Å². The van der Waals surface area contributed by atoms with Crippen molar-refractivity contribution in [1.82, 2.24) is 0 Å². The van der Waals surface area contributed by atoms with E-state index in [1.807, 2.05) is 60.7 Å². The predicted octanol–water partition coefficient (Wildman–Crippen LogP) is 6.80. The van der Waals surface area contributed by atoms with Crippen molar-refractivity contribution in [1.29, 1.82) is 0 Å². The zero-order valence-corrected chi connectivity index (χ0v) is 16.8. The Morgan fingerprint density at radius 3 is 2.12 bits per heavy atom. The summed E-state index contributed by atoms with van der Waals surface area (Å²) in [7, 11) is 0. The molecular formula is C21H21ClOS2. The molecular weight excluding hydrogens is 368 g/mol. The zero-order valence-electron chi connectivity index (χ0n) is 14.4. The third-order valence-electron chi connectivity index (χ3n) is 3.36. The van der Waals surface area contributed by atoms with Crippen LogP contribution in [0.2, 0.25) is 5.02 Å². The highest BCUT2D eigenvalue weighted by Crippen LogP contribution is 2.37. The van der Waals surface area contributed by atoms with Crippen molar-refractivity contribution in [3.63, 3.8) is 0 Å². The predicted molar refractivity (Wildman–Crippen MR) is 115 cm³/mol. The first-order chi connectivity index (χ1) is 12.2. The third kappa shape index (κ3) is 6.10. The molecule has 0 heterocycles. The molecule has 0 aliphatic heterocycles. The van der Waals surface area contributed by atoms with Crippen molar-refractivity contribution >= 4 is 52.6 Å². The van der Waals surface area contributed by atoms with Gasteiger partial charge in [-0.15, -0.1) is 23.5 Å². The number of hydrogen-bond acceptors (Lipinski definition) is 3. The van der Waals surface area contributed by atoms with E-state index in [2.05, 4.69) is 13.8 Å². The Morgan fingerprint density at radius 1 is 0.960 bits per heavy atom. The van der Waals surface area contributed by atoms with Gasteiger partial charge in [0, 0.05) is 10.6 Å². The maximum Gasteiger partial charge on any atom is 0.188 e. The molecule has 25 heavy (non-hydrogen) atoms. The molecule has 2 aromatic rings. The van der Waals surface area contributed by atoms with E-state index in [9.17, 15) is 4.79 Å². The summed E-state index contributed by atoms with van der Waals surface area (Å²) < 4.78 is 1.06. The Labute approximate surface area is 163 Å². The molecule has 0 spiro atoms. The first-order valence-corrected chi connectivity index (χ1v) is 10.5. The minimum atomic E-state index is 0.0167. The quantitative estimate of drug-likeness (QED) is 0.463. The Hall–Kier alpha value is -1.42. The zero-order chi connectivity index (χ0) is 18.1. The van der Waals surface area contributed by atoms with E-state index >= 15 is 0 Å². The van der Waals surface area contributed by atoms with Crippen LogP contribution in [0.3, 0.4) is 0 Å². The van der Waals surface area contributed by atoms with Crippen LogP contribution < -0.4 is 0 Å². The molecule has 0 saturated carbocycles. The number of carbonyl (C=O) groups is 1. The molecule has 1 nitrogen and oxygen atoms in total. The molecule has 0 atom stereocenters. The van der Waals surface area contributed by atoms with Gasteiger partial charge in [-0.05, 0) is 40.8 Å². The van der Waals surface area contributed by atoms with Gasteiger partial charge in [-0.3, -0.25) is 4.79 Å². The van der Waals surface area contributed by atoms with Crippen molar-refractivity contribution in [2.24, 2.45) is 0 Å². The normalized spacial score (nSPS) is 10.8. The highest BCUT2D eigenvalue weighted by atomic mass is 35.5. The van der Waals surface area contributed by atoms with Crippen molar-refractivity contribution in [3.05, 3.63) is 81.1 Å². The summed E-state index contributed by atoms with van der Waals surface area (Å²) in [6.07, 6.45) is 3.52. The van der Waals surface area contributed by atoms with Gasteiger partial charge in [0.1, 0.15) is 0 Å². The minimum Gasteiger partial charge on any atom is -0.289 e. The SMILES string of the molecule is CCSC(SCC)=C(C(=O)/C=C/c1ccccc1)c1ccc(Cl)cc1. The van der Waals surface area contributed by atoms with E-state index in [0.717, 1.165) is 32.4 Å². The molecule has 0 aliphatic rings. The Kier molecular flexibility index (Phi) is 8.39. The van der Waals surface area contributed by atoms with E-state index in [-0.39, 0.29) is 5.78 Å². The van der Waals surface area contributed by atoms with Gasteiger partial charge in [0.2, 0.25) is 0 Å². The smallest absolute Gasteiger partial charge is 0.188 e. The van der Waals surface area contributed by atoms with Crippen LogP contribution in [-0.4, -0.2) is 17.3 Å². The van der Waals surface area contributed by atoms with Gasteiger partial charge in [0.05, 0.1) is 4.24 Å². The van der Waals surface area contributed by atoms with Crippen molar-refractivity contribution in [2.45, 2.75) is 13.8 Å². The first-order valence-electron chi connectivity index (χ1n) is 8.19. The number of rotatable bonds is 8. The van der Waals surface area contributed by atoms with Gasteiger partial charge < -0.3 is 0 Å². The lowest BCUT2D eigenvalue weighted by molar-refractivity contribution is -0.109. The molecule has 130 valence electrons. The third-order valence-corrected chi connectivity index (χ3v) is 5.83. The average Bonchev–Trinajstić information content (AvgIpc) is 2.63. The van der Waals surface area contributed by atoms with Gasteiger partial charge >= 0.3 is 0 Å². The fourth-order valence-corrected chi connectivity index (χ4v) is 4.66. The van der Waals surface area contributed by atoms with Crippen molar-refractivity contribution in [2.75, 3.05) is 11.5 Å². The Balaban J connectivity index is 2.42. The summed E-state index contributed by atoms with van der Waals surface area (Å²) in [4.78, 5) is 13.0. The second kappa shape index (κ2) is 10.5. The van der Waals surface area contributed by atoms with Crippen molar-refractivity contribution < 1.29 is 4.79 Å². The summed E-state index contributed by atoms with van der Waals surface area (Å²) in [6.45, 7) is 4.20. The van der Waals surface area contributed by atoms with Crippen LogP contribution in [-0.2, 0) is 4.79 Å². The molecule has 0 aliphatic carbocycles. The Bertz CT molecular complexity index is 741. The van der Waals surface area contributed by atoms with E-state index in [0.29, 0.717) is 5.02 Å². The number of hydrogen-bond donors (Lipinski definition) is 0. The number of halogens is 1. The van der Waals surface area contributed by atoms with Crippen LogP contribution in [0.1, 0.15) is 25.0 Å². The van der Waals surface area contributed by atoms with Crippen LogP contribution >= 0.6 is 35.1 Å². The van der Waals surface area contributed by atoms with Gasteiger partial charge in [-0.25, -0.2) is 0 Å². The molecule has 0 fully saturated rings. The summed E-state index contributed by atoms with van der Waals surface area (Å²) in [5.74, 6) is 1.87. The van der Waals surface area contributed by atoms with Gasteiger partial charge in [-0.1, -0.05) is 74.0 Å². The van der Waals surface area contributed by atoms with E-state index in [1.165, 1.54) is 0 Å². The topological polar surface area (TPSA) is 17.1 Å². The molecule has 0 bridgehead atoms. The van der Waals surface area contributed by atoms with Crippen molar-refractivity contribution in [3.8, 4) is 0 Å². The molecule has 2 rings (SSSR count). The van der Waals surface area contributed by atoms with Crippen LogP contribution in [0.5, 0.6) is 0 Å². The van der Waals surface area contributed by atoms with Crippen LogP contribution in [0, 0.1) is 0 Å². The Morgan fingerprint density at radius 2 is 1.56 bits per heavy atom. The van der Waals surface area contributed by atoms with E-state index in [1.54, 1.807) is 29.6 Å². The first kappa shape index (κ1) is 19.9. The van der Waals surface area contributed by atoms with E-state index in [4.69, 9.17) is 11.6 Å². The fraction of sp³-hybridized carbons (Fsp3) is 0.190. The lowest BCUT2D eigenvalue weighted by atomic mass is 10.0. The second-order valence-corrected chi connectivity index (χ2v) is 8.39. The lowest BCUT2D eigenvalue weighted by Crippen LogP contribution is -2.01. The van der Waals surface area contributed by atoms with E-state index < -0.39 is 0 Å². The molecule has 0 saturated heterocycles. The molecule has 0 aromatic heterocycles. The maximum atomic E-state index is 13.0. The largest absolute Gasteiger partial charge is 0.289 e. The molecule has 0 N–H and O–H groups in total. The summed E-state index contributed by atoms with van der Waals surface area (Å²) >= 11 is 9.44. The molecule has 2 aromatic carbocycles. The number of thioether (sulfide) groups is 2. The van der Waals surface area contributed by atoms with Crippen LogP contribution in [0.4, 0.5) is 0 Å². The molecule has 0 amide bonds. The van der Waals surface area contributed by atoms with Gasteiger partial charge in [-0.2, -0.15) is 0 Å². The molecule has 0 unspecified atom stereocenters. The number of ketones is 1. The maximum absolute atomic E-state index is 13.0. The lowest BCUT2D eigenvalue weighted by Gasteiger charge is -2.12. The fourth-order valence-electron chi connectivity index (χ4n) is 2.24. The molecule has 4 heteroatoms. The number of benzene rings is 2. The standard InChI is InChI=1S/C21H21ClOS2/c1-3-24-21(25-4-2)20(17-11-13-18(22)14-12-17)19(23)15-10-16-8-6-5-7-9-16/h5-15H,3-4H2,1-2H3/b15-10+. The van der Waals surface area contributed by atoms with Gasteiger partial charge in [0.15, 0.2) is 5.78 Å². The summed E-state index contributed by atoms with van der Waals surface area (Å²) in [6, 6.07) is 17.3. The number of carbonyl (C=O) groups excluding carboxylic acids is 1. The highest BCUT2D eigenvalue weighted by molar-refractivity contribution is 8.22. The van der Waals surface area contributed by atoms with Gasteiger partial charge in [0.25, 0.3) is 0 Å². The minimum absolute atomic E-state index is 0.0167. The number of allylic oxidation sites excluding steroid dienone is 2. The monoisotopic (exact) mass is 388 g/mol. The van der Waals surface area contributed by atoms with Crippen LogP contribution in [0.25, 0.3) is 11.6 Å². The second-order valence-electron chi connectivity index (χ2n) is 5.14. The summed E-state index contributed by atoms with van der Waals surface area (Å²) in [5, 5.41) is 0.670. The average molecular weight is 389 g/mol. The molecule has 0 radical (unpaired) electrons.